The third kappa shape index (κ3) is 4.46. The van der Waals surface area contributed by atoms with Gasteiger partial charge in [-0.2, -0.15) is 0 Å². The lowest BCUT2D eigenvalue weighted by atomic mass is 10.1. The number of anilines is 1. The van der Waals surface area contributed by atoms with E-state index < -0.39 is 0 Å². The van der Waals surface area contributed by atoms with E-state index in [9.17, 15) is 5.11 Å². The molecule has 0 aromatic carbocycles. The quantitative estimate of drug-likeness (QED) is 0.839. The highest BCUT2D eigenvalue weighted by molar-refractivity contribution is 5.35. The minimum absolute atomic E-state index is 0.258. The van der Waals surface area contributed by atoms with Gasteiger partial charge in [-0.05, 0) is 37.9 Å². The molecule has 1 unspecified atom stereocenters. The van der Waals surface area contributed by atoms with Crippen molar-refractivity contribution in [3.63, 3.8) is 0 Å². The Morgan fingerprint density at radius 3 is 3.05 bits per heavy atom. The Balaban J connectivity index is 1.99. The monoisotopic (exact) mass is 277 g/mol. The second-order valence-electron chi connectivity index (χ2n) is 5.60. The molecule has 1 atom stereocenters. The molecule has 2 rings (SSSR count). The van der Waals surface area contributed by atoms with Gasteiger partial charge in [-0.15, -0.1) is 0 Å². The average Bonchev–Trinajstić information content (AvgIpc) is 2.70. The molecule has 1 fully saturated rings. The molecule has 4 heteroatoms. The topological polar surface area (TPSA) is 48.4 Å². The minimum atomic E-state index is 0.258. The largest absolute Gasteiger partial charge is 0.395 e. The van der Waals surface area contributed by atoms with Crippen molar-refractivity contribution in [3.8, 4) is 0 Å². The molecule has 0 aliphatic carbocycles. The molecular formula is C16H27N3O. The van der Waals surface area contributed by atoms with Crippen molar-refractivity contribution in [2.75, 3.05) is 25.0 Å². The van der Waals surface area contributed by atoms with E-state index in [1.807, 2.05) is 6.07 Å². The minimum Gasteiger partial charge on any atom is -0.395 e. The van der Waals surface area contributed by atoms with Crippen LogP contribution in [0.5, 0.6) is 0 Å². The van der Waals surface area contributed by atoms with Gasteiger partial charge < -0.3 is 10.4 Å². The van der Waals surface area contributed by atoms with E-state index in [0.29, 0.717) is 6.04 Å². The number of nitrogens with zero attached hydrogens (tertiary/aromatic N) is 2. The molecule has 1 aliphatic heterocycles. The van der Waals surface area contributed by atoms with Crippen LogP contribution in [0.3, 0.4) is 0 Å². The summed E-state index contributed by atoms with van der Waals surface area (Å²) in [4.78, 5) is 7.06. The van der Waals surface area contributed by atoms with Crippen LogP contribution < -0.4 is 5.32 Å². The predicted octanol–water partition coefficient (Wildman–Crippen LogP) is 2.64. The lowest BCUT2D eigenvalue weighted by Gasteiger charge is -2.28. The highest BCUT2D eigenvalue weighted by atomic mass is 16.3. The van der Waals surface area contributed by atoms with Crippen molar-refractivity contribution >= 4 is 5.82 Å². The maximum absolute atomic E-state index is 9.56. The fraction of sp³-hybridized carbons (Fsp3) is 0.688. The van der Waals surface area contributed by atoms with Gasteiger partial charge in [0.15, 0.2) is 0 Å². The van der Waals surface area contributed by atoms with E-state index in [4.69, 9.17) is 0 Å². The summed E-state index contributed by atoms with van der Waals surface area (Å²) in [5.74, 6) is 0.958. The van der Waals surface area contributed by atoms with Gasteiger partial charge in [0.05, 0.1) is 12.3 Å². The van der Waals surface area contributed by atoms with Crippen LogP contribution in [-0.4, -0.2) is 40.7 Å². The predicted molar refractivity (Wildman–Crippen MR) is 82.8 cm³/mol. The van der Waals surface area contributed by atoms with Crippen LogP contribution in [0.25, 0.3) is 0 Å². The molecule has 0 saturated carbocycles. The number of likely N-dealkylation sites (tertiary alicyclic amines) is 1. The van der Waals surface area contributed by atoms with Gasteiger partial charge in [0, 0.05) is 19.1 Å². The van der Waals surface area contributed by atoms with E-state index in [0.717, 1.165) is 44.0 Å². The highest BCUT2D eigenvalue weighted by Crippen LogP contribution is 2.19. The summed E-state index contributed by atoms with van der Waals surface area (Å²) in [6, 6.07) is 6.46. The highest BCUT2D eigenvalue weighted by Gasteiger charge is 2.20. The summed E-state index contributed by atoms with van der Waals surface area (Å²) in [5.41, 5.74) is 1.09. The molecule has 1 aliphatic rings. The number of pyridine rings is 1. The van der Waals surface area contributed by atoms with Crippen LogP contribution in [0.1, 0.15) is 44.7 Å². The van der Waals surface area contributed by atoms with Crippen LogP contribution in [-0.2, 0) is 6.54 Å². The standard InChI is InChI=1S/C16H27N3O/c1-2-10-17-16-9-6-7-14(18-16)12-19-11-5-3-4-8-15(19)13-20/h6-7,9,15,20H,2-5,8,10-13H2,1H3,(H,17,18). The van der Waals surface area contributed by atoms with Crippen molar-refractivity contribution in [1.82, 2.24) is 9.88 Å². The van der Waals surface area contributed by atoms with Crippen LogP contribution >= 0.6 is 0 Å². The number of aliphatic hydroxyl groups excluding tert-OH is 1. The van der Waals surface area contributed by atoms with E-state index >= 15 is 0 Å². The summed E-state index contributed by atoms with van der Waals surface area (Å²) >= 11 is 0. The van der Waals surface area contributed by atoms with Gasteiger partial charge in [-0.1, -0.05) is 25.8 Å². The van der Waals surface area contributed by atoms with Crippen LogP contribution in [0.15, 0.2) is 18.2 Å². The lowest BCUT2D eigenvalue weighted by Crippen LogP contribution is -2.37. The Kier molecular flexibility index (Phi) is 6.27. The average molecular weight is 277 g/mol. The van der Waals surface area contributed by atoms with Crippen molar-refractivity contribution < 1.29 is 5.11 Å². The Morgan fingerprint density at radius 2 is 2.25 bits per heavy atom. The fourth-order valence-corrected chi connectivity index (χ4v) is 2.78. The zero-order chi connectivity index (χ0) is 14.2. The summed E-state index contributed by atoms with van der Waals surface area (Å²) in [6.45, 7) is 5.28. The van der Waals surface area contributed by atoms with Crippen LogP contribution in [0.2, 0.25) is 0 Å². The number of aliphatic hydroxyl groups is 1. The van der Waals surface area contributed by atoms with Crippen molar-refractivity contribution in [3.05, 3.63) is 23.9 Å². The Morgan fingerprint density at radius 1 is 1.35 bits per heavy atom. The fourth-order valence-electron chi connectivity index (χ4n) is 2.78. The van der Waals surface area contributed by atoms with Gasteiger partial charge in [-0.3, -0.25) is 4.90 Å². The number of aromatic nitrogens is 1. The second kappa shape index (κ2) is 8.22. The summed E-state index contributed by atoms with van der Waals surface area (Å²) in [6.07, 6.45) is 5.94. The molecule has 0 amide bonds. The molecule has 1 aromatic heterocycles. The third-order valence-electron chi connectivity index (χ3n) is 3.94. The normalized spacial score (nSPS) is 20.6. The molecule has 112 valence electrons. The first-order valence-electron chi connectivity index (χ1n) is 7.88. The molecular weight excluding hydrogens is 250 g/mol. The first-order valence-corrected chi connectivity index (χ1v) is 7.88. The maximum Gasteiger partial charge on any atom is 0.126 e. The number of hydrogen-bond acceptors (Lipinski definition) is 4. The zero-order valence-electron chi connectivity index (χ0n) is 12.5. The number of rotatable bonds is 6. The van der Waals surface area contributed by atoms with Gasteiger partial charge in [0.2, 0.25) is 0 Å². The van der Waals surface area contributed by atoms with Gasteiger partial charge >= 0.3 is 0 Å². The first-order chi connectivity index (χ1) is 9.83. The molecule has 0 radical (unpaired) electrons. The Bertz CT molecular complexity index is 397. The molecule has 2 N–H and O–H groups in total. The molecule has 1 aromatic rings. The molecule has 1 saturated heterocycles. The lowest BCUT2D eigenvalue weighted by molar-refractivity contribution is 0.117. The Labute approximate surface area is 122 Å². The third-order valence-corrected chi connectivity index (χ3v) is 3.94. The first kappa shape index (κ1) is 15.3. The second-order valence-corrected chi connectivity index (χ2v) is 5.60. The van der Waals surface area contributed by atoms with Gasteiger partial charge in [-0.25, -0.2) is 4.98 Å². The summed E-state index contributed by atoms with van der Waals surface area (Å²) in [5, 5.41) is 12.9. The van der Waals surface area contributed by atoms with Gasteiger partial charge in [0.1, 0.15) is 5.82 Å². The maximum atomic E-state index is 9.56. The Hall–Kier alpha value is -1.13. The van der Waals surface area contributed by atoms with Gasteiger partial charge in [0.25, 0.3) is 0 Å². The van der Waals surface area contributed by atoms with E-state index in [-0.39, 0.29) is 6.61 Å². The molecule has 4 nitrogen and oxygen atoms in total. The van der Waals surface area contributed by atoms with Crippen molar-refractivity contribution in [2.24, 2.45) is 0 Å². The van der Waals surface area contributed by atoms with E-state index in [1.54, 1.807) is 0 Å². The van der Waals surface area contributed by atoms with Crippen molar-refractivity contribution in [1.29, 1.82) is 0 Å². The summed E-state index contributed by atoms with van der Waals surface area (Å²) in [7, 11) is 0. The van der Waals surface area contributed by atoms with Crippen LogP contribution in [0, 0.1) is 0 Å². The molecule has 20 heavy (non-hydrogen) atoms. The summed E-state index contributed by atoms with van der Waals surface area (Å²) < 4.78 is 0. The SMILES string of the molecule is CCCNc1cccc(CN2CCCCCC2CO)n1. The molecule has 0 spiro atoms. The number of hydrogen-bond donors (Lipinski definition) is 2. The van der Waals surface area contributed by atoms with Crippen molar-refractivity contribution in [2.45, 2.75) is 51.6 Å². The van der Waals surface area contributed by atoms with Crippen LogP contribution in [0.4, 0.5) is 5.82 Å². The number of nitrogens with one attached hydrogen (secondary N) is 1. The van der Waals surface area contributed by atoms with E-state index in [1.165, 1.54) is 19.3 Å². The molecule has 2 heterocycles. The molecule has 0 bridgehead atoms. The van der Waals surface area contributed by atoms with E-state index in [2.05, 4.69) is 34.3 Å². The zero-order valence-corrected chi connectivity index (χ0v) is 12.5. The smallest absolute Gasteiger partial charge is 0.126 e.